The van der Waals surface area contributed by atoms with Gasteiger partial charge in [0.25, 0.3) is 0 Å². The van der Waals surface area contributed by atoms with Gasteiger partial charge in [0.15, 0.2) is 10.8 Å². The van der Waals surface area contributed by atoms with Crippen LogP contribution in [0.4, 0.5) is 0 Å². The summed E-state index contributed by atoms with van der Waals surface area (Å²) in [6, 6.07) is 10.8. The first-order valence-electron chi connectivity index (χ1n) is 9.34. The van der Waals surface area contributed by atoms with E-state index in [1.165, 1.54) is 18.2 Å². The van der Waals surface area contributed by atoms with Crippen molar-refractivity contribution in [3.05, 3.63) is 35.9 Å². The maximum absolute atomic E-state index is 12.8. The quantitative estimate of drug-likeness (QED) is 0.651. The van der Waals surface area contributed by atoms with E-state index in [0.717, 1.165) is 53.1 Å². The number of aromatic nitrogens is 3. The summed E-state index contributed by atoms with van der Waals surface area (Å²) in [6.45, 7) is 5.11. The van der Waals surface area contributed by atoms with E-state index in [4.69, 9.17) is 0 Å². The molecule has 0 bridgehead atoms. The third-order valence-electron chi connectivity index (χ3n) is 5.28. The van der Waals surface area contributed by atoms with Gasteiger partial charge in [-0.25, -0.2) is 0 Å². The van der Waals surface area contributed by atoms with E-state index in [-0.39, 0.29) is 5.91 Å². The molecule has 0 radical (unpaired) electrons. The zero-order chi connectivity index (χ0) is 18.1. The highest BCUT2D eigenvalue weighted by molar-refractivity contribution is 7.99. The average Bonchev–Trinajstić information content (AvgIpc) is 3.11. The Labute approximate surface area is 157 Å². The maximum Gasteiger partial charge on any atom is 0.233 e. The molecule has 1 aliphatic rings. The molecule has 3 aromatic rings. The lowest BCUT2D eigenvalue weighted by Crippen LogP contribution is -2.44. The Morgan fingerprint density at radius 3 is 2.96 bits per heavy atom. The van der Waals surface area contributed by atoms with Crippen molar-refractivity contribution in [2.75, 3.05) is 12.3 Å². The van der Waals surface area contributed by atoms with Crippen molar-refractivity contribution < 1.29 is 4.79 Å². The van der Waals surface area contributed by atoms with Crippen molar-refractivity contribution in [2.45, 2.75) is 50.7 Å². The van der Waals surface area contributed by atoms with Crippen LogP contribution in [0, 0.1) is 6.92 Å². The molecule has 1 fully saturated rings. The number of pyridine rings is 1. The number of thioether (sulfide) groups is 1. The van der Waals surface area contributed by atoms with Gasteiger partial charge in [-0.3, -0.25) is 9.20 Å². The minimum Gasteiger partial charge on any atom is -0.339 e. The SMILES string of the molecule is CC[C@H]1CCCCN1C(=O)CSc1nnc2c(C)cc3ccccc3n12. The molecule has 0 N–H and O–H groups in total. The van der Waals surface area contributed by atoms with Gasteiger partial charge in [-0.2, -0.15) is 0 Å². The molecular weight excluding hydrogens is 344 g/mol. The summed E-state index contributed by atoms with van der Waals surface area (Å²) in [5.74, 6) is 0.634. The van der Waals surface area contributed by atoms with Crippen LogP contribution in [-0.4, -0.2) is 43.7 Å². The first-order chi connectivity index (χ1) is 12.7. The molecule has 1 aromatic carbocycles. The largest absolute Gasteiger partial charge is 0.339 e. The summed E-state index contributed by atoms with van der Waals surface area (Å²) < 4.78 is 2.08. The fraction of sp³-hybridized carbons (Fsp3) is 0.450. The minimum atomic E-state index is 0.218. The number of benzene rings is 1. The molecular formula is C20H24N4OS. The number of carbonyl (C=O) groups is 1. The summed E-state index contributed by atoms with van der Waals surface area (Å²) in [7, 11) is 0. The number of fused-ring (bicyclic) bond motifs is 3. The van der Waals surface area contributed by atoms with E-state index >= 15 is 0 Å². The highest BCUT2D eigenvalue weighted by atomic mass is 32.2. The lowest BCUT2D eigenvalue weighted by atomic mass is 10.0. The molecule has 1 aliphatic heterocycles. The molecule has 6 heteroatoms. The van der Waals surface area contributed by atoms with Gasteiger partial charge >= 0.3 is 0 Å². The molecule has 2 aromatic heterocycles. The molecule has 0 aliphatic carbocycles. The van der Waals surface area contributed by atoms with Crippen LogP contribution >= 0.6 is 11.8 Å². The number of hydrogen-bond acceptors (Lipinski definition) is 4. The Morgan fingerprint density at radius 2 is 2.12 bits per heavy atom. The first kappa shape index (κ1) is 17.3. The standard InChI is InChI=1S/C20H24N4OS/c1-3-16-9-6-7-11-23(16)18(25)13-26-20-22-21-19-14(2)12-15-8-4-5-10-17(15)24(19)20/h4-5,8,10,12,16H,3,6-7,9,11,13H2,1-2H3/t16-/m0/s1. The van der Waals surface area contributed by atoms with Crippen LogP contribution < -0.4 is 0 Å². The lowest BCUT2D eigenvalue weighted by Gasteiger charge is -2.35. The molecule has 1 atom stereocenters. The van der Waals surface area contributed by atoms with Crippen molar-refractivity contribution in [3.63, 3.8) is 0 Å². The maximum atomic E-state index is 12.8. The lowest BCUT2D eigenvalue weighted by molar-refractivity contribution is -0.132. The van der Waals surface area contributed by atoms with Crippen molar-refractivity contribution in [1.82, 2.24) is 19.5 Å². The van der Waals surface area contributed by atoms with Crippen LogP contribution in [0.5, 0.6) is 0 Å². The molecule has 4 rings (SSSR count). The number of likely N-dealkylation sites (tertiary alicyclic amines) is 1. The van der Waals surface area contributed by atoms with Gasteiger partial charge in [-0.05, 0) is 55.7 Å². The number of nitrogens with zero attached hydrogens (tertiary/aromatic N) is 4. The Hall–Kier alpha value is -2.08. The third kappa shape index (κ3) is 3.07. The van der Waals surface area contributed by atoms with Crippen molar-refractivity contribution in [2.24, 2.45) is 0 Å². The smallest absolute Gasteiger partial charge is 0.233 e. The van der Waals surface area contributed by atoms with Gasteiger partial charge in [0.1, 0.15) is 0 Å². The summed E-state index contributed by atoms with van der Waals surface area (Å²) in [4.78, 5) is 14.8. The van der Waals surface area contributed by atoms with Crippen LogP contribution in [-0.2, 0) is 4.79 Å². The summed E-state index contributed by atoms with van der Waals surface area (Å²) in [5.41, 5.74) is 3.04. The number of amides is 1. The molecule has 26 heavy (non-hydrogen) atoms. The van der Waals surface area contributed by atoms with Crippen LogP contribution in [0.3, 0.4) is 0 Å². The number of aryl methyl sites for hydroxylation is 1. The molecule has 1 saturated heterocycles. The fourth-order valence-electron chi connectivity index (χ4n) is 3.91. The molecule has 0 unspecified atom stereocenters. The predicted molar refractivity (Wildman–Crippen MR) is 106 cm³/mol. The number of carbonyl (C=O) groups excluding carboxylic acids is 1. The van der Waals surface area contributed by atoms with Crippen LogP contribution in [0.15, 0.2) is 35.5 Å². The Morgan fingerprint density at radius 1 is 1.27 bits per heavy atom. The van der Waals surface area contributed by atoms with Gasteiger partial charge in [0.2, 0.25) is 5.91 Å². The van der Waals surface area contributed by atoms with E-state index in [2.05, 4.69) is 51.5 Å². The zero-order valence-electron chi connectivity index (χ0n) is 15.3. The van der Waals surface area contributed by atoms with E-state index < -0.39 is 0 Å². The summed E-state index contributed by atoms with van der Waals surface area (Å²) in [5, 5.41) is 10.7. The topological polar surface area (TPSA) is 50.5 Å². The molecule has 0 spiro atoms. The molecule has 5 nitrogen and oxygen atoms in total. The highest BCUT2D eigenvalue weighted by Crippen LogP contribution is 2.27. The van der Waals surface area contributed by atoms with E-state index in [0.29, 0.717) is 11.8 Å². The third-order valence-corrected chi connectivity index (χ3v) is 6.19. The monoisotopic (exact) mass is 368 g/mol. The summed E-state index contributed by atoms with van der Waals surface area (Å²) in [6.07, 6.45) is 4.51. The van der Waals surface area contributed by atoms with E-state index in [1.807, 2.05) is 12.1 Å². The van der Waals surface area contributed by atoms with Crippen molar-refractivity contribution in [3.8, 4) is 0 Å². The van der Waals surface area contributed by atoms with E-state index in [9.17, 15) is 4.79 Å². The predicted octanol–water partition coefficient (Wildman–Crippen LogP) is 4.07. The minimum absolute atomic E-state index is 0.218. The normalized spacial score (nSPS) is 17.9. The molecule has 3 heterocycles. The Balaban J connectivity index is 1.61. The van der Waals surface area contributed by atoms with Crippen molar-refractivity contribution >= 4 is 34.2 Å². The molecule has 0 saturated carbocycles. The van der Waals surface area contributed by atoms with Gasteiger partial charge in [0, 0.05) is 12.6 Å². The Bertz CT molecular complexity index is 952. The van der Waals surface area contributed by atoms with Crippen LogP contribution in [0.25, 0.3) is 16.6 Å². The number of para-hydroxylation sites is 1. The number of hydrogen-bond donors (Lipinski definition) is 0. The van der Waals surface area contributed by atoms with E-state index in [1.54, 1.807) is 0 Å². The van der Waals surface area contributed by atoms with Gasteiger partial charge < -0.3 is 4.90 Å². The second-order valence-corrected chi connectivity index (χ2v) is 7.90. The highest BCUT2D eigenvalue weighted by Gasteiger charge is 2.25. The Kier molecular flexibility index (Phi) is 4.85. The molecule has 1 amide bonds. The second kappa shape index (κ2) is 7.27. The van der Waals surface area contributed by atoms with Gasteiger partial charge in [0.05, 0.1) is 11.3 Å². The van der Waals surface area contributed by atoms with Gasteiger partial charge in [-0.15, -0.1) is 10.2 Å². The fourth-order valence-corrected chi connectivity index (χ4v) is 4.74. The number of rotatable bonds is 4. The number of piperidine rings is 1. The zero-order valence-corrected chi connectivity index (χ0v) is 16.1. The average molecular weight is 369 g/mol. The molecule has 136 valence electrons. The first-order valence-corrected chi connectivity index (χ1v) is 10.3. The summed E-state index contributed by atoms with van der Waals surface area (Å²) >= 11 is 1.49. The second-order valence-electron chi connectivity index (χ2n) is 6.96. The van der Waals surface area contributed by atoms with Crippen LogP contribution in [0.1, 0.15) is 38.2 Å². The van der Waals surface area contributed by atoms with Crippen molar-refractivity contribution in [1.29, 1.82) is 0 Å². The van der Waals surface area contributed by atoms with Gasteiger partial charge in [-0.1, -0.05) is 36.9 Å². The van der Waals surface area contributed by atoms with Crippen LogP contribution in [0.2, 0.25) is 0 Å².